The van der Waals surface area contributed by atoms with Crippen LogP contribution in [0.5, 0.6) is 0 Å². The van der Waals surface area contributed by atoms with Crippen LogP contribution in [0, 0.1) is 5.92 Å². The second-order valence-corrected chi connectivity index (χ2v) is 4.63. The van der Waals surface area contributed by atoms with E-state index in [0.717, 1.165) is 39.0 Å². The Labute approximate surface area is 97.6 Å². The van der Waals surface area contributed by atoms with E-state index in [-0.39, 0.29) is 5.92 Å². The van der Waals surface area contributed by atoms with Gasteiger partial charge in [0.2, 0.25) is 0 Å². The van der Waals surface area contributed by atoms with E-state index >= 15 is 0 Å². The Morgan fingerprint density at radius 3 is 2.88 bits per heavy atom. The molecule has 2 atom stereocenters. The maximum absolute atomic E-state index is 10.8. The molecule has 1 rings (SSSR count). The summed E-state index contributed by atoms with van der Waals surface area (Å²) in [6.07, 6.45) is 3.62. The summed E-state index contributed by atoms with van der Waals surface area (Å²) in [6.45, 7) is 7.21. The van der Waals surface area contributed by atoms with Crippen molar-refractivity contribution in [2.75, 3.05) is 26.2 Å². The number of hydrogen-bond donors (Lipinski definition) is 1. The van der Waals surface area contributed by atoms with Gasteiger partial charge in [-0.1, -0.05) is 13.8 Å². The first-order valence-corrected chi connectivity index (χ1v) is 6.20. The van der Waals surface area contributed by atoms with Crippen LogP contribution in [-0.4, -0.2) is 48.3 Å². The van der Waals surface area contributed by atoms with Crippen LogP contribution in [-0.2, 0) is 9.53 Å². The van der Waals surface area contributed by atoms with Gasteiger partial charge in [-0.25, -0.2) is 0 Å². The summed E-state index contributed by atoms with van der Waals surface area (Å²) in [6, 6.07) is 0. The van der Waals surface area contributed by atoms with Crippen LogP contribution in [0.2, 0.25) is 0 Å². The Morgan fingerprint density at radius 2 is 2.38 bits per heavy atom. The number of carboxylic acid groups (broad SMARTS) is 1. The van der Waals surface area contributed by atoms with E-state index in [2.05, 4.69) is 11.8 Å². The number of ether oxygens (including phenoxy) is 1. The average Bonchev–Trinajstić information content (AvgIpc) is 2.70. The van der Waals surface area contributed by atoms with Crippen molar-refractivity contribution in [1.82, 2.24) is 4.90 Å². The third kappa shape index (κ3) is 4.49. The smallest absolute Gasteiger partial charge is 0.307 e. The highest BCUT2D eigenvalue weighted by Gasteiger charge is 2.21. The van der Waals surface area contributed by atoms with Crippen LogP contribution in [0.3, 0.4) is 0 Å². The second kappa shape index (κ2) is 6.86. The van der Waals surface area contributed by atoms with E-state index in [1.165, 1.54) is 0 Å². The van der Waals surface area contributed by atoms with Crippen LogP contribution in [0.1, 0.15) is 33.1 Å². The summed E-state index contributed by atoms with van der Waals surface area (Å²) in [5.74, 6) is -1.01. The van der Waals surface area contributed by atoms with Gasteiger partial charge in [-0.05, 0) is 25.8 Å². The zero-order valence-corrected chi connectivity index (χ0v) is 10.3. The zero-order valence-electron chi connectivity index (χ0n) is 10.3. The van der Waals surface area contributed by atoms with Crippen molar-refractivity contribution in [1.29, 1.82) is 0 Å². The number of carboxylic acids is 1. The minimum Gasteiger partial charge on any atom is -0.481 e. The predicted molar refractivity (Wildman–Crippen MR) is 62.5 cm³/mol. The molecule has 4 nitrogen and oxygen atoms in total. The maximum atomic E-state index is 10.8. The van der Waals surface area contributed by atoms with Gasteiger partial charge in [0, 0.05) is 19.7 Å². The molecule has 0 bridgehead atoms. The third-order valence-corrected chi connectivity index (χ3v) is 2.98. The van der Waals surface area contributed by atoms with Gasteiger partial charge in [-0.2, -0.15) is 0 Å². The first-order valence-electron chi connectivity index (χ1n) is 6.20. The highest BCUT2D eigenvalue weighted by Crippen LogP contribution is 2.14. The van der Waals surface area contributed by atoms with Gasteiger partial charge in [0.15, 0.2) is 0 Å². The molecular formula is C12H23NO3. The van der Waals surface area contributed by atoms with E-state index < -0.39 is 5.97 Å². The molecule has 0 saturated carbocycles. The Kier molecular flexibility index (Phi) is 5.77. The molecule has 4 heteroatoms. The maximum Gasteiger partial charge on any atom is 0.307 e. The fourth-order valence-electron chi connectivity index (χ4n) is 2.12. The van der Waals surface area contributed by atoms with E-state index in [1.807, 2.05) is 0 Å². The van der Waals surface area contributed by atoms with Crippen molar-refractivity contribution in [2.45, 2.75) is 39.2 Å². The van der Waals surface area contributed by atoms with Crippen molar-refractivity contribution >= 4 is 5.97 Å². The predicted octanol–water partition coefficient (Wildman–Crippen LogP) is 1.60. The topological polar surface area (TPSA) is 49.8 Å². The fraction of sp³-hybridized carbons (Fsp3) is 0.917. The lowest BCUT2D eigenvalue weighted by Gasteiger charge is -2.26. The van der Waals surface area contributed by atoms with Gasteiger partial charge in [0.25, 0.3) is 0 Å². The highest BCUT2D eigenvalue weighted by molar-refractivity contribution is 5.69. The molecule has 0 amide bonds. The van der Waals surface area contributed by atoms with Crippen LogP contribution in [0.4, 0.5) is 0 Å². The van der Waals surface area contributed by atoms with Crippen molar-refractivity contribution in [2.24, 2.45) is 5.92 Å². The molecule has 0 aromatic carbocycles. The summed E-state index contributed by atoms with van der Waals surface area (Å²) in [4.78, 5) is 13.0. The fourth-order valence-corrected chi connectivity index (χ4v) is 2.12. The van der Waals surface area contributed by atoms with Gasteiger partial charge >= 0.3 is 5.97 Å². The first-order chi connectivity index (χ1) is 7.63. The molecule has 0 aromatic heterocycles. The van der Waals surface area contributed by atoms with Gasteiger partial charge in [0.1, 0.15) is 0 Å². The molecule has 1 fully saturated rings. The second-order valence-electron chi connectivity index (χ2n) is 4.63. The van der Waals surface area contributed by atoms with E-state index in [0.29, 0.717) is 12.6 Å². The summed E-state index contributed by atoms with van der Waals surface area (Å²) in [5, 5.41) is 8.90. The Hall–Kier alpha value is -0.610. The van der Waals surface area contributed by atoms with E-state index in [9.17, 15) is 4.79 Å². The summed E-state index contributed by atoms with van der Waals surface area (Å²) in [7, 11) is 0. The molecule has 0 aliphatic carbocycles. The van der Waals surface area contributed by atoms with E-state index in [1.54, 1.807) is 6.92 Å². The highest BCUT2D eigenvalue weighted by atomic mass is 16.5. The molecule has 0 aromatic rings. The molecule has 1 N–H and O–H groups in total. The van der Waals surface area contributed by atoms with Crippen molar-refractivity contribution < 1.29 is 14.6 Å². The lowest BCUT2D eigenvalue weighted by molar-refractivity contribution is -0.141. The molecule has 0 radical (unpaired) electrons. The van der Waals surface area contributed by atoms with Crippen LogP contribution < -0.4 is 0 Å². The number of hydrogen-bond acceptors (Lipinski definition) is 3. The molecule has 1 heterocycles. The molecule has 0 spiro atoms. The molecule has 1 saturated heterocycles. The average molecular weight is 229 g/mol. The molecule has 1 aliphatic rings. The minimum absolute atomic E-state index is 0.298. The first kappa shape index (κ1) is 13.5. The van der Waals surface area contributed by atoms with Crippen LogP contribution >= 0.6 is 0 Å². The summed E-state index contributed by atoms with van der Waals surface area (Å²) in [5.41, 5.74) is 0. The normalized spacial score (nSPS) is 22.6. The molecule has 2 unspecified atom stereocenters. The van der Waals surface area contributed by atoms with Crippen LogP contribution in [0.25, 0.3) is 0 Å². The van der Waals surface area contributed by atoms with Crippen molar-refractivity contribution in [3.05, 3.63) is 0 Å². The van der Waals surface area contributed by atoms with Crippen LogP contribution in [0.15, 0.2) is 0 Å². The number of aliphatic carboxylic acids is 1. The largest absolute Gasteiger partial charge is 0.481 e. The summed E-state index contributed by atoms with van der Waals surface area (Å²) >= 11 is 0. The number of carbonyl (C=O) groups is 1. The molecule has 94 valence electrons. The van der Waals surface area contributed by atoms with Gasteiger partial charge in [-0.15, -0.1) is 0 Å². The number of nitrogens with zero attached hydrogens (tertiary/aromatic N) is 1. The Bertz CT molecular complexity index is 214. The standard InChI is InChI=1S/C12H23NO3/c1-3-6-13(8-10(2)12(14)15)9-11-5-4-7-16-11/h10-11H,3-9H2,1-2H3,(H,14,15). The Balaban J connectivity index is 2.36. The molecule has 16 heavy (non-hydrogen) atoms. The minimum atomic E-state index is -0.714. The molecular weight excluding hydrogens is 206 g/mol. The zero-order chi connectivity index (χ0) is 12.0. The van der Waals surface area contributed by atoms with Gasteiger partial charge < -0.3 is 9.84 Å². The Morgan fingerprint density at radius 1 is 1.62 bits per heavy atom. The van der Waals surface area contributed by atoms with Gasteiger partial charge in [-0.3, -0.25) is 9.69 Å². The van der Waals surface area contributed by atoms with Crippen molar-refractivity contribution in [3.8, 4) is 0 Å². The van der Waals surface area contributed by atoms with Gasteiger partial charge in [0.05, 0.1) is 12.0 Å². The SMILES string of the molecule is CCCN(CC1CCCO1)CC(C)C(=O)O. The number of rotatable bonds is 7. The quantitative estimate of drug-likeness (QED) is 0.720. The van der Waals surface area contributed by atoms with Crippen molar-refractivity contribution in [3.63, 3.8) is 0 Å². The summed E-state index contributed by atoms with van der Waals surface area (Å²) < 4.78 is 5.58. The third-order valence-electron chi connectivity index (χ3n) is 2.98. The lowest BCUT2D eigenvalue weighted by Crippen LogP contribution is -2.37. The lowest BCUT2D eigenvalue weighted by atomic mass is 10.1. The monoisotopic (exact) mass is 229 g/mol. The van der Waals surface area contributed by atoms with E-state index in [4.69, 9.17) is 9.84 Å². The molecule has 1 aliphatic heterocycles.